The predicted octanol–water partition coefficient (Wildman–Crippen LogP) is 2.70. The summed E-state index contributed by atoms with van der Waals surface area (Å²) in [5.74, 6) is -2.20. The zero-order chi connectivity index (χ0) is 34.0. The molecule has 2 unspecified atom stereocenters. The van der Waals surface area contributed by atoms with E-state index in [1.54, 1.807) is 42.7 Å². The molecule has 2 aromatic carbocycles. The summed E-state index contributed by atoms with van der Waals surface area (Å²) in [6.45, 7) is 5.59. The molecule has 0 spiro atoms. The molecule has 0 bridgehead atoms. The molecule has 4 rings (SSSR count). The minimum Gasteiger partial charge on any atom is -0.389 e. The van der Waals surface area contributed by atoms with Crippen LogP contribution in [0, 0.1) is 0 Å². The molecule has 0 saturated carbocycles. The van der Waals surface area contributed by atoms with E-state index in [1.807, 2.05) is 63.2 Å². The first kappa shape index (κ1) is 34.5. The van der Waals surface area contributed by atoms with Crippen molar-refractivity contribution in [1.82, 2.24) is 30.8 Å². The average Bonchev–Trinajstić information content (AvgIpc) is 3.03. The van der Waals surface area contributed by atoms with Crippen LogP contribution < -0.4 is 21.7 Å². The lowest BCUT2D eigenvalue weighted by molar-refractivity contribution is -0.128. The molecule has 6 N–H and O–H groups in total. The number of rotatable bonds is 13. The largest absolute Gasteiger partial charge is 0.389 e. The molecule has 0 radical (unpaired) electrons. The summed E-state index contributed by atoms with van der Waals surface area (Å²) < 4.78 is 0. The van der Waals surface area contributed by atoms with Gasteiger partial charge in [0.05, 0.1) is 30.6 Å². The normalized spacial score (nSPS) is 13.2. The number of para-hydroxylation sites is 1. The third-order valence-corrected chi connectivity index (χ3v) is 7.25. The second-order valence-corrected chi connectivity index (χ2v) is 12.4. The van der Waals surface area contributed by atoms with Gasteiger partial charge in [-0.3, -0.25) is 19.4 Å². The maximum absolute atomic E-state index is 13.7. The van der Waals surface area contributed by atoms with Gasteiger partial charge in [-0.15, -0.1) is 0 Å². The van der Waals surface area contributed by atoms with Crippen molar-refractivity contribution in [2.75, 3.05) is 6.54 Å². The van der Waals surface area contributed by atoms with E-state index in [0.717, 1.165) is 16.5 Å². The minimum absolute atomic E-state index is 0.0588. The average molecular weight is 640 g/mol. The molecule has 2 heterocycles. The predicted molar refractivity (Wildman–Crippen MR) is 178 cm³/mol. The number of nitrogens with zero attached hydrogens (tertiary/aromatic N) is 3. The molecule has 0 aliphatic rings. The van der Waals surface area contributed by atoms with Crippen molar-refractivity contribution in [1.29, 1.82) is 0 Å². The number of aliphatic hydroxyl groups is 1. The van der Waals surface area contributed by atoms with Crippen LogP contribution in [0.25, 0.3) is 10.9 Å². The van der Waals surface area contributed by atoms with E-state index in [1.165, 1.54) is 11.0 Å². The molecule has 0 aliphatic heterocycles. The quantitative estimate of drug-likeness (QED) is 0.149. The second-order valence-electron chi connectivity index (χ2n) is 12.4. The molecule has 2 aromatic heterocycles. The van der Waals surface area contributed by atoms with Crippen molar-refractivity contribution < 1.29 is 24.3 Å². The Morgan fingerprint density at radius 3 is 2.23 bits per heavy atom. The summed E-state index contributed by atoms with van der Waals surface area (Å²) in [6, 6.07) is 20.6. The zero-order valence-electron chi connectivity index (χ0n) is 26.7. The van der Waals surface area contributed by atoms with Gasteiger partial charge in [0, 0.05) is 29.9 Å². The highest BCUT2D eigenvalue weighted by atomic mass is 16.3. The van der Waals surface area contributed by atoms with Crippen molar-refractivity contribution in [3.63, 3.8) is 0 Å². The summed E-state index contributed by atoms with van der Waals surface area (Å²) >= 11 is 0. The van der Waals surface area contributed by atoms with Gasteiger partial charge in [-0.05, 0) is 62.6 Å². The number of nitrogens with two attached hydrogens (primary N) is 1. The van der Waals surface area contributed by atoms with Gasteiger partial charge in [0.15, 0.2) is 0 Å². The van der Waals surface area contributed by atoms with Gasteiger partial charge in [-0.25, -0.2) is 9.78 Å². The lowest BCUT2D eigenvalue weighted by Crippen LogP contribution is -2.57. The second kappa shape index (κ2) is 15.8. The monoisotopic (exact) mass is 639 g/mol. The number of aromatic nitrogens is 2. The molecule has 12 nitrogen and oxygen atoms in total. The van der Waals surface area contributed by atoms with Gasteiger partial charge >= 0.3 is 6.03 Å². The molecule has 12 heteroatoms. The van der Waals surface area contributed by atoms with Crippen LogP contribution in [-0.4, -0.2) is 74.0 Å². The number of nitrogens with one attached hydrogen (secondary N) is 3. The van der Waals surface area contributed by atoms with Crippen LogP contribution in [0.3, 0.4) is 0 Å². The van der Waals surface area contributed by atoms with Crippen molar-refractivity contribution >= 4 is 34.7 Å². The van der Waals surface area contributed by atoms with Crippen LogP contribution in [0.1, 0.15) is 48.8 Å². The van der Waals surface area contributed by atoms with Crippen molar-refractivity contribution in [2.45, 2.75) is 63.9 Å². The molecular weight excluding hydrogens is 598 g/mol. The van der Waals surface area contributed by atoms with Gasteiger partial charge < -0.3 is 31.7 Å². The van der Waals surface area contributed by atoms with E-state index in [9.17, 15) is 24.3 Å². The number of urea groups is 1. The minimum atomic E-state index is -1.35. The summed E-state index contributed by atoms with van der Waals surface area (Å²) in [5, 5.41) is 20.8. The third-order valence-electron chi connectivity index (χ3n) is 7.25. The fourth-order valence-corrected chi connectivity index (χ4v) is 4.95. The number of hydrogen-bond donors (Lipinski definition) is 5. The number of fused-ring (bicyclic) bond motifs is 1. The molecule has 3 atom stereocenters. The van der Waals surface area contributed by atoms with Crippen LogP contribution in [0.15, 0.2) is 91.3 Å². The topological polar surface area (TPSA) is 180 Å². The maximum Gasteiger partial charge on any atom is 0.318 e. The number of carbonyl (C=O) groups is 4. The Kier molecular flexibility index (Phi) is 11.6. The van der Waals surface area contributed by atoms with E-state index >= 15 is 0 Å². The number of hydrogen-bond acceptors (Lipinski definition) is 7. The summed E-state index contributed by atoms with van der Waals surface area (Å²) in [5.41, 5.74) is 7.18. The first-order valence-electron chi connectivity index (χ1n) is 15.3. The standard InChI is InChI=1S/C35H41N7O5/c1-35(2,3)41-34(47)42(21-24-15-17-37-18-16-24)22-30(43)28(19-23-9-5-4-6-10-23)39-33(46)29(20-31(36)44)40-32(45)27-14-13-25-11-7-8-12-26(25)38-27/h4-18,28-30,43H,19-22H2,1-3H3,(H2,36,44)(H,39,46)(H,40,45)(H,41,47)/t28-,29?,30?/m0/s1. The Morgan fingerprint density at radius 1 is 0.872 bits per heavy atom. The van der Waals surface area contributed by atoms with E-state index in [0.29, 0.717) is 5.52 Å². The lowest BCUT2D eigenvalue weighted by atomic mass is 9.99. The number of aliphatic hydroxyl groups excluding tert-OH is 1. The first-order valence-corrected chi connectivity index (χ1v) is 15.3. The molecular formula is C35H41N7O5. The number of carbonyl (C=O) groups excluding carboxylic acids is 4. The lowest BCUT2D eigenvalue weighted by Gasteiger charge is -2.33. The van der Waals surface area contributed by atoms with Crippen molar-refractivity contribution in [3.8, 4) is 0 Å². The van der Waals surface area contributed by atoms with E-state index in [2.05, 4.69) is 25.9 Å². The van der Waals surface area contributed by atoms with Gasteiger partial charge in [0.25, 0.3) is 5.91 Å². The van der Waals surface area contributed by atoms with Crippen LogP contribution >= 0.6 is 0 Å². The molecule has 246 valence electrons. The molecule has 0 fully saturated rings. The Labute approximate surface area is 273 Å². The fourth-order valence-electron chi connectivity index (χ4n) is 4.95. The highest BCUT2D eigenvalue weighted by molar-refractivity contribution is 5.99. The molecule has 47 heavy (non-hydrogen) atoms. The van der Waals surface area contributed by atoms with Crippen molar-refractivity contribution in [3.05, 3.63) is 108 Å². The number of pyridine rings is 2. The van der Waals surface area contributed by atoms with Crippen LogP contribution in [0.5, 0.6) is 0 Å². The van der Waals surface area contributed by atoms with Gasteiger partial charge in [0.2, 0.25) is 11.8 Å². The Balaban J connectivity index is 1.56. The van der Waals surface area contributed by atoms with E-state index in [4.69, 9.17) is 5.73 Å². The molecule has 0 saturated heterocycles. The fraction of sp³-hybridized carbons (Fsp3) is 0.314. The highest BCUT2D eigenvalue weighted by Gasteiger charge is 2.31. The van der Waals surface area contributed by atoms with Gasteiger partial charge in [-0.2, -0.15) is 0 Å². The number of primary amides is 1. The first-order chi connectivity index (χ1) is 22.4. The summed E-state index contributed by atoms with van der Waals surface area (Å²) in [7, 11) is 0. The SMILES string of the molecule is CC(C)(C)NC(=O)N(Cc1ccncc1)CC(O)[C@H](Cc1ccccc1)NC(=O)C(CC(N)=O)NC(=O)c1ccc2ccccc2n1. The highest BCUT2D eigenvalue weighted by Crippen LogP contribution is 2.14. The smallest absolute Gasteiger partial charge is 0.318 e. The van der Waals surface area contributed by atoms with Crippen LogP contribution in [0.2, 0.25) is 0 Å². The zero-order valence-corrected chi connectivity index (χ0v) is 26.7. The number of amides is 5. The summed E-state index contributed by atoms with van der Waals surface area (Å²) in [4.78, 5) is 62.1. The van der Waals surface area contributed by atoms with Crippen molar-refractivity contribution in [2.24, 2.45) is 5.73 Å². The number of benzene rings is 2. The van der Waals surface area contributed by atoms with Gasteiger partial charge in [-0.1, -0.05) is 54.6 Å². The molecule has 5 amide bonds. The molecule has 0 aliphatic carbocycles. The van der Waals surface area contributed by atoms with Crippen LogP contribution in [0.4, 0.5) is 4.79 Å². The van der Waals surface area contributed by atoms with Gasteiger partial charge in [0.1, 0.15) is 11.7 Å². The Bertz CT molecular complexity index is 1680. The Morgan fingerprint density at radius 2 is 1.55 bits per heavy atom. The Hall–Kier alpha value is -5.36. The van der Waals surface area contributed by atoms with E-state index in [-0.39, 0.29) is 25.2 Å². The maximum atomic E-state index is 13.7. The van der Waals surface area contributed by atoms with E-state index < -0.39 is 53.9 Å². The third kappa shape index (κ3) is 10.6. The summed E-state index contributed by atoms with van der Waals surface area (Å²) in [6.07, 6.45) is 1.69. The molecule has 4 aromatic rings. The van der Waals surface area contributed by atoms with Crippen LogP contribution in [-0.2, 0) is 22.6 Å².